The van der Waals surface area contributed by atoms with Crippen molar-refractivity contribution in [2.45, 2.75) is 57.1 Å². The lowest BCUT2D eigenvalue weighted by atomic mass is 9.83. The van der Waals surface area contributed by atoms with Crippen molar-refractivity contribution in [1.82, 2.24) is 9.78 Å². The van der Waals surface area contributed by atoms with E-state index in [-0.39, 0.29) is 11.7 Å². The second kappa shape index (κ2) is 8.61. The maximum atomic E-state index is 12.9. The van der Waals surface area contributed by atoms with Gasteiger partial charge in [-0.1, -0.05) is 0 Å². The number of nitrogens with zero attached hydrogens (tertiary/aromatic N) is 4. The summed E-state index contributed by atoms with van der Waals surface area (Å²) in [5, 5.41) is 40.1. The van der Waals surface area contributed by atoms with Gasteiger partial charge in [0, 0.05) is 36.7 Å². The van der Waals surface area contributed by atoms with E-state index in [1.807, 2.05) is 29.1 Å². The number of aliphatic hydroxyl groups is 1. The number of fused-ring (bicyclic) bond motifs is 1. The van der Waals surface area contributed by atoms with Gasteiger partial charge in [0.25, 0.3) is 5.69 Å². The highest BCUT2D eigenvalue weighted by molar-refractivity contribution is 6.04. The topological polar surface area (TPSA) is 127 Å². The molecule has 0 radical (unpaired) electrons. The first-order chi connectivity index (χ1) is 16.3. The van der Waals surface area contributed by atoms with E-state index in [1.54, 1.807) is 19.1 Å². The largest absolute Gasteiger partial charge is 0.618 e. The second-order valence-corrected chi connectivity index (χ2v) is 9.45. The number of benzene rings is 1. The third-order valence-corrected chi connectivity index (χ3v) is 6.77. The summed E-state index contributed by atoms with van der Waals surface area (Å²) in [6, 6.07) is 10.5. The van der Waals surface area contributed by atoms with Crippen LogP contribution < -0.4 is 14.8 Å². The van der Waals surface area contributed by atoms with E-state index in [4.69, 9.17) is 9.84 Å². The van der Waals surface area contributed by atoms with Crippen molar-refractivity contribution in [2.24, 2.45) is 5.92 Å². The van der Waals surface area contributed by atoms with Crippen LogP contribution in [-0.4, -0.2) is 33.0 Å². The molecule has 0 saturated heterocycles. The minimum Gasteiger partial charge on any atom is -0.618 e. The Hall–Kier alpha value is -3.64. The van der Waals surface area contributed by atoms with Crippen LogP contribution >= 0.6 is 0 Å². The number of carbonyl (C=O) groups excluding carboxylic acids is 1. The van der Waals surface area contributed by atoms with Crippen LogP contribution in [0, 0.1) is 29.4 Å². The van der Waals surface area contributed by atoms with Crippen LogP contribution in [0.2, 0.25) is 0 Å². The number of hydrogen-bond acceptors (Lipinski definition) is 6. The summed E-state index contributed by atoms with van der Waals surface area (Å²) in [4.78, 5) is 12.9. The number of pyridine rings is 1. The summed E-state index contributed by atoms with van der Waals surface area (Å²) < 4.78 is 8.53. The van der Waals surface area contributed by atoms with E-state index in [0.717, 1.165) is 23.7 Å². The highest BCUT2D eigenvalue weighted by Gasteiger charge is 2.34. The van der Waals surface area contributed by atoms with Crippen molar-refractivity contribution in [3.05, 3.63) is 53.1 Å². The van der Waals surface area contributed by atoms with Gasteiger partial charge >= 0.3 is 5.91 Å². The first-order valence-corrected chi connectivity index (χ1v) is 11.6. The van der Waals surface area contributed by atoms with Gasteiger partial charge in [0.2, 0.25) is 0 Å². The molecule has 5 rings (SSSR count). The maximum absolute atomic E-state index is 12.9. The van der Waals surface area contributed by atoms with Crippen molar-refractivity contribution >= 4 is 22.5 Å². The summed E-state index contributed by atoms with van der Waals surface area (Å²) in [6.45, 7) is 2.22. The van der Waals surface area contributed by atoms with Crippen molar-refractivity contribution in [2.75, 3.05) is 11.9 Å². The minimum atomic E-state index is -1.25. The molecule has 2 N–H and O–H groups in total. The molecular formula is C25H27N5O4. The van der Waals surface area contributed by atoms with Gasteiger partial charge in [0.15, 0.2) is 11.3 Å². The number of aryl methyl sites for hydroxylation is 1. The molecule has 2 heterocycles. The molecule has 176 valence electrons. The lowest BCUT2D eigenvalue weighted by Crippen LogP contribution is -2.39. The van der Waals surface area contributed by atoms with Gasteiger partial charge in [0.1, 0.15) is 5.75 Å². The Bertz CT molecular complexity index is 1280. The zero-order valence-electron chi connectivity index (χ0n) is 19.0. The maximum Gasteiger partial charge on any atom is 0.321 e. The number of anilines is 1. The molecule has 2 fully saturated rings. The van der Waals surface area contributed by atoms with Crippen LogP contribution in [0.5, 0.6) is 5.75 Å². The number of rotatable bonds is 6. The number of carbonyl (C=O) groups is 1. The fraction of sp³-hybridized carbons (Fsp3) is 0.440. The Labute approximate surface area is 197 Å². The smallest absolute Gasteiger partial charge is 0.321 e. The zero-order chi connectivity index (χ0) is 23.9. The molecule has 1 amide bonds. The van der Waals surface area contributed by atoms with Crippen molar-refractivity contribution < 1.29 is 19.4 Å². The molecular weight excluding hydrogens is 434 g/mol. The molecule has 34 heavy (non-hydrogen) atoms. The van der Waals surface area contributed by atoms with Crippen LogP contribution in [0.3, 0.4) is 0 Å². The number of amides is 1. The predicted octanol–water partition coefficient (Wildman–Crippen LogP) is 3.39. The number of aromatic nitrogens is 3. The fourth-order valence-corrected chi connectivity index (χ4v) is 4.38. The van der Waals surface area contributed by atoms with Crippen molar-refractivity contribution in [3.8, 4) is 11.8 Å². The normalized spacial score (nSPS) is 22.3. The van der Waals surface area contributed by atoms with E-state index in [0.29, 0.717) is 60.1 Å². The summed E-state index contributed by atoms with van der Waals surface area (Å²) in [5.41, 5.74) is 0.418. The standard InChI is InChI=1S/C25H27N5O4/c1-16-3-2-4-22(30(16)33)24(31)27-21-11-18-13-29(19-7-9-25(32,15-26)10-8-19)28-20(18)12-23(21)34-14-17-5-6-17/h2-4,11-13,17,19,32H,5-10,14H2,1H3,(H,27,31). The predicted molar refractivity (Wildman–Crippen MR) is 124 cm³/mol. The number of hydrogen-bond donors (Lipinski definition) is 2. The van der Waals surface area contributed by atoms with E-state index < -0.39 is 11.5 Å². The third-order valence-electron chi connectivity index (χ3n) is 6.77. The summed E-state index contributed by atoms with van der Waals surface area (Å²) in [7, 11) is 0. The van der Waals surface area contributed by atoms with Gasteiger partial charge in [0.05, 0.1) is 29.9 Å². The van der Waals surface area contributed by atoms with Crippen LogP contribution in [-0.2, 0) is 0 Å². The third kappa shape index (κ3) is 4.41. The Balaban J connectivity index is 1.43. The van der Waals surface area contributed by atoms with Crippen LogP contribution in [0.1, 0.15) is 60.7 Å². The van der Waals surface area contributed by atoms with Crippen molar-refractivity contribution in [1.29, 1.82) is 5.26 Å². The van der Waals surface area contributed by atoms with Gasteiger partial charge in [-0.05, 0) is 56.6 Å². The first-order valence-electron chi connectivity index (χ1n) is 11.6. The Morgan fingerprint density at radius 3 is 2.82 bits per heavy atom. The lowest BCUT2D eigenvalue weighted by Gasteiger charge is -2.30. The van der Waals surface area contributed by atoms with Gasteiger partial charge in [-0.3, -0.25) is 9.48 Å². The molecule has 0 spiro atoms. The Morgan fingerprint density at radius 2 is 2.12 bits per heavy atom. The molecule has 9 nitrogen and oxygen atoms in total. The fourth-order valence-electron chi connectivity index (χ4n) is 4.38. The van der Waals surface area contributed by atoms with E-state index in [2.05, 4.69) is 5.32 Å². The van der Waals surface area contributed by atoms with Crippen LogP contribution in [0.25, 0.3) is 10.9 Å². The average Bonchev–Trinajstić information content (AvgIpc) is 3.57. The quantitative estimate of drug-likeness (QED) is 0.329. The summed E-state index contributed by atoms with van der Waals surface area (Å²) in [6.07, 6.45) is 6.31. The number of ether oxygens (including phenoxy) is 1. The Morgan fingerprint density at radius 1 is 1.35 bits per heavy atom. The molecule has 2 aliphatic rings. The zero-order valence-corrected chi connectivity index (χ0v) is 19.0. The second-order valence-electron chi connectivity index (χ2n) is 9.45. The van der Waals surface area contributed by atoms with E-state index in [9.17, 15) is 20.4 Å². The van der Waals surface area contributed by atoms with Gasteiger partial charge in [-0.15, -0.1) is 0 Å². The number of nitriles is 1. The molecule has 0 unspecified atom stereocenters. The molecule has 1 aromatic carbocycles. The highest BCUT2D eigenvalue weighted by atomic mass is 16.5. The number of nitrogens with one attached hydrogen (secondary N) is 1. The molecule has 9 heteroatoms. The molecule has 0 aliphatic heterocycles. The lowest BCUT2D eigenvalue weighted by molar-refractivity contribution is -0.614. The van der Waals surface area contributed by atoms with Crippen LogP contribution in [0.15, 0.2) is 36.5 Å². The van der Waals surface area contributed by atoms with Crippen LogP contribution in [0.4, 0.5) is 5.69 Å². The molecule has 2 saturated carbocycles. The molecule has 2 aliphatic carbocycles. The first kappa shape index (κ1) is 22.2. The van der Waals surface area contributed by atoms with E-state index >= 15 is 0 Å². The summed E-state index contributed by atoms with van der Waals surface area (Å²) in [5.74, 6) is 0.536. The van der Waals surface area contributed by atoms with E-state index in [1.165, 1.54) is 6.07 Å². The summed E-state index contributed by atoms with van der Waals surface area (Å²) >= 11 is 0. The molecule has 3 aromatic rings. The SMILES string of the molecule is Cc1cccc(C(=O)Nc2cc3cn(C4CCC(O)(C#N)CC4)nc3cc2OCC2CC2)[n+]1[O-]. The molecule has 2 aromatic heterocycles. The monoisotopic (exact) mass is 461 g/mol. The van der Waals surface area contributed by atoms with Gasteiger partial charge in [-0.25, -0.2) is 0 Å². The minimum absolute atomic E-state index is 0.0103. The average molecular weight is 462 g/mol. The van der Waals surface area contributed by atoms with Gasteiger partial charge < -0.3 is 20.4 Å². The highest BCUT2D eigenvalue weighted by Crippen LogP contribution is 2.37. The Kier molecular flexibility index (Phi) is 5.62. The van der Waals surface area contributed by atoms with Crippen molar-refractivity contribution in [3.63, 3.8) is 0 Å². The van der Waals surface area contributed by atoms with Gasteiger partial charge in [-0.2, -0.15) is 15.1 Å². The molecule has 0 bridgehead atoms. The molecule has 0 atom stereocenters.